The summed E-state index contributed by atoms with van der Waals surface area (Å²) >= 11 is 3.56. The summed E-state index contributed by atoms with van der Waals surface area (Å²) in [7, 11) is 0. The lowest BCUT2D eigenvalue weighted by atomic mass is 10.2. The lowest BCUT2D eigenvalue weighted by Crippen LogP contribution is -1.97. The summed E-state index contributed by atoms with van der Waals surface area (Å²) in [6, 6.07) is 7.96. The van der Waals surface area contributed by atoms with Crippen LogP contribution in [0, 0.1) is 13.8 Å². The topological polar surface area (TPSA) is 39.4 Å². The van der Waals surface area contributed by atoms with Gasteiger partial charge < -0.3 is 4.74 Å². The number of aromatic nitrogens is 3. The summed E-state index contributed by atoms with van der Waals surface area (Å²) in [5, 5.41) is 0. The van der Waals surface area contributed by atoms with Crippen LogP contribution < -0.4 is 4.74 Å². The van der Waals surface area contributed by atoms with Gasteiger partial charge in [0.1, 0.15) is 5.75 Å². The molecule has 0 aliphatic carbocycles. The summed E-state index contributed by atoms with van der Waals surface area (Å²) in [6.45, 7) is 6.67. The molecule has 0 unspecified atom stereocenters. The van der Waals surface area contributed by atoms with E-state index in [9.17, 15) is 0 Å². The van der Waals surface area contributed by atoms with Gasteiger partial charge >= 0.3 is 0 Å². The van der Waals surface area contributed by atoms with Gasteiger partial charge in [0.2, 0.25) is 5.78 Å². The Labute approximate surface area is 131 Å². The molecule has 1 aromatic carbocycles. The molecule has 108 valence electrons. The molecule has 21 heavy (non-hydrogen) atoms. The Bertz CT molecular complexity index is 793. The van der Waals surface area contributed by atoms with Gasteiger partial charge in [-0.1, -0.05) is 0 Å². The van der Waals surface area contributed by atoms with Crippen LogP contribution in [0.25, 0.3) is 17.0 Å². The molecule has 0 N–H and O–H groups in total. The molecular weight excluding hydrogens is 330 g/mol. The maximum atomic E-state index is 5.46. The van der Waals surface area contributed by atoms with E-state index >= 15 is 0 Å². The monoisotopic (exact) mass is 345 g/mol. The average molecular weight is 346 g/mol. The van der Waals surface area contributed by atoms with Crippen molar-refractivity contribution in [2.45, 2.75) is 20.8 Å². The number of imidazole rings is 1. The van der Waals surface area contributed by atoms with Gasteiger partial charge in [0, 0.05) is 17.5 Å². The Hall–Kier alpha value is -1.88. The minimum Gasteiger partial charge on any atom is -0.494 e. The molecule has 0 saturated carbocycles. The molecule has 0 bridgehead atoms. The maximum Gasteiger partial charge on any atom is 0.234 e. The van der Waals surface area contributed by atoms with Crippen molar-refractivity contribution >= 4 is 21.7 Å². The zero-order chi connectivity index (χ0) is 15.0. The van der Waals surface area contributed by atoms with Crippen LogP contribution >= 0.6 is 15.9 Å². The second-order valence-electron chi connectivity index (χ2n) is 4.85. The Morgan fingerprint density at radius 1 is 1.14 bits per heavy atom. The highest BCUT2D eigenvalue weighted by Crippen LogP contribution is 2.25. The second kappa shape index (κ2) is 5.48. The van der Waals surface area contributed by atoms with Crippen LogP contribution in [-0.4, -0.2) is 21.0 Å². The smallest absolute Gasteiger partial charge is 0.234 e. The largest absolute Gasteiger partial charge is 0.494 e. The first kappa shape index (κ1) is 14.1. The molecule has 4 nitrogen and oxygen atoms in total. The third kappa shape index (κ3) is 2.53. The molecule has 2 heterocycles. The van der Waals surface area contributed by atoms with Crippen LogP contribution in [0.5, 0.6) is 5.75 Å². The molecule has 3 rings (SSSR count). The molecule has 0 aliphatic heterocycles. The first-order valence-electron chi connectivity index (χ1n) is 6.85. The van der Waals surface area contributed by atoms with Crippen molar-refractivity contribution in [3.63, 3.8) is 0 Å². The highest BCUT2D eigenvalue weighted by molar-refractivity contribution is 9.10. The van der Waals surface area contributed by atoms with Crippen LogP contribution in [0.2, 0.25) is 0 Å². The number of ether oxygens (including phenoxy) is 1. The van der Waals surface area contributed by atoms with Crippen LogP contribution in [0.1, 0.15) is 18.3 Å². The molecule has 0 amide bonds. The molecule has 0 saturated heterocycles. The molecule has 3 aromatic rings. The third-order valence-corrected chi connectivity index (χ3v) is 4.56. The highest BCUT2D eigenvalue weighted by atomic mass is 79.9. The third-order valence-electron chi connectivity index (χ3n) is 3.41. The minimum atomic E-state index is 0.671. The molecular formula is C16H16BrN3O. The van der Waals surface area contributed by atoms with Crippen LogP contribution in [0.15, 0.2) is 34.9 Å². The van der Waals surface area contributed by atoms with Gasteiger partial charge in [-0.25, -0.2) is 9.97 Å². The first-order valence-corrected chi connectivity index (χ1v) is 7.64. The molecule has 5 heteroatoms. The van der Waals surface area contributed by atoms with Gasteiger partial charge in [-0.05, 0) is 61.0 Å². The zero-order valence-corrected chi connectivity index (χ0v) is 13.8. The van der Waals surface area contributed by atoms with Crippen molar-refractivity contribution in [3.05, 3.63) is 46.3 Å². The summed E-state index contributed by atoms with van der Waals surface area (Å²) in [4.78, 5) is 9.12. The number of aryl methyl sites for hydroxylation is 2. The Morgan fingerprint density at radius 3 is 2.52 bits per heavy atom. The quantitative estimate of drug-likeness (QED) is 0.714. The van der Waals surface area contributed by atoms with Crippen molar-refractivity contribution in [2.24, 2.45) is 0 Å². The number of fused-ring (bicyclic) bond motifs is 1. The van der Waals surface area contributed by atoms with Crippen molar-refractivity contribution in [1.82, 2.24) is 14.4 Å². The van der Waals surface area contributed by atoms with E-state index in [2.05, 4.69) is 32.8 Å². The number of halogens is 1. The fourth-order valence-corrected chi connectivity index (χ4v) is 2.57. The highest BCUT2D eigenvalue weighted by Gasteiger charge is 2.11. The molecule has 0 radical (unpaired) electrons. The van der Waals surface area contributed by atoms with Crippen molar-refractivity contribution < 1.29 is 4.74 Å². The van der Waals surface area contributed by atoms with Crippen LogP contribution in [0.3, 0.4) is 0 Å². The van der Waals surface area contributed by atoms with Crippen molar-refractivity contribution in [3.8, 4) is 17.0 Å². The lowest BCUT2D eigenvalue weighted by molar-refractivity contribution is 0.340. The number of hydrogen-bond donors (Lipinski definition) is 0. The first-order chi connectivity index (χ1) is 10.1. The molecule has 0 atom stereocenters. The molecule has 0 aliphatic rings. The SMILES string of the molecule is CCOc1ccc(-c2cn3c(C)c(Br)c(C)nc3n2)cc1. The lowest BCUT2D eigenvalue weighted by Gasteiger charge is -2.04. The fraction of sp³-hybridized carbons (Fsp3) is 0.250. The normalized spacial score (nSPS) is 11.0. The summed E-state index contributed by atoms with van der Waals surface area (Å²) in [5.74, 6) is 1.59. The van der Waals surface area contributed by atoms with Crippen LogP contribution in [0.4, 0.5) is 0 Å². The van der Waals surface area contributed by atoms with Crippen LogP contribution in [-0.2, 0) is 0 Å². The molecule has 0 spiro atoms. The van der Waals surface area contributed by atoms with Gasteiger partial charge in [-0.2, -0.15) is 0 Å². The Balaban J connectivity index is 2.06. The van der Waals surface area contributed by atoms with Crippen molar-refractivity contribution in [1.29, 1.82) is 0 Å². The van der Waals surface area contributed by atoms with E-state index < -0.39 is 0 Å². The van der Waals surface area contributed by atoms with E-state index in [0.29, 0.717) is 6.61 Å². The van der Waals surface area contributed by atoms with E-state index in [-0.39, 0.29) is 0 Å². The summed E-state index contributed by atoms with van der Waals surface area (Å²) in [5.41, 5.74) is 4.01. The predicted molar refractivity (Wildman–Crippen MR) is 86.8 cm³/mol. The number of hydrogen-bond acceptors (Lipinski definition) is 3. The molecule has 0 fully saturated rings. The maximum absolute atomic E-state index is 5.46. The fourth-order valence-electron chi connectivity index (χ4n) is 2.29. The Morgan fingerprint density at radius 2 is 1.86 bits per heavy atom. The van der Waals surface area contributed by atoms with E-state index in [1.165, 1.54) is 0 Å². The van der Waals surface area contributed by atoms with Gasteiger partial charge in [0.15, 0.2) is 0 Å². The average Bonchev–Trinajstić information content (AvgIpc) is 2.90. The van der Waals surface area contributed by atoms with Crippen molar-refractivity contribution in [2.75, 3.05) is 6.61 Å². The standard InChI is InChI=1S/C16H16BrN3O/c1-4-21-13-7-5-12(6-8-13)14-9-20-11(3)15(17)10(2)18-16(20)19-14/h5-9H,4H2,1-3H3. The van der Waals surface area contributed by atoms with Gasteiger partial charge in [0.05, 0.1) is 22.5 Å². The zero-order valence-electron chi connectivity index (χ0n) is 12.2. The van der Waals surface area contributed by atoms with E-state index in [1.54, 1.807) is 0 Å². The minimum absolute atomic E-state index is 0.671. The van der Waals surface area contributed by atoms with Gasteiger partial charge in [-0.15, -0.1) is 0 Å². The second-order valence-corrected chi connectivity index (χ2v) is 5.64. The summed E-state index contributed by atoms with van der Waals surface area (Å²) in [6.07, 6.45) is 2.01. The number of rotatable bonds is 3. The predicted octanol–water partition coefficient (Wildman–Crippen LogP) is 4.17. The van der Waals surface area contributed by atoms with E-state index in [1.807, 2.05) is 48.7 Å². The van der Waals surface area contributed by atoms with E-state index in [0.717, 1.165) is 38.6 Å². The molecule has 2 aromatic heterocycles. The number of nitrogens with zero attached hydrogens (tertiary/aromatic N) is 3. The Kier molecular flexibility index (Phi) is 3.68. The van der Waals surface area contributed by atoms with Gasteiger partial charge in [-0.3, -0.25) is 4.40 Å². The number of benzene rings is 1. The van der Waals surface area contributed by atoms with E-state index in [4.69, 9.17) is 4.74 Å². The summed E-state index contributed by atoms with van der Waals surface area (Å²) < 4.78 is 8.48. The van der Waals surface area contributed by atoms with Gasteiger partial charge in [0.25, 0.3) is 0 Å².